The maximum atomic E-state index is 3.92. The van der Waals surface area contributed by atoms with E-state index in [0.29, 0.717) is 11.3 Å². The van der Waals surface area contributed by atoms with Crippen LogP contribution in [-0.2, 0) is 0 Å². The van der Waals surface area contributed by atoms with E-state index in [1.54, 1.807) is 11.0 Å². The zero-order valence-corrected chi connectivity index (χ0v) is 13.0. The van der Waals surface area contributed by atoms with Crippen LogP contribution in [-0.4, -0.2) is 38.3 Å². The topological polar surface area (TPSA) is 55.6 Å². The molecule has 1 aromatic carbocycles. The fraction of sp³-hybridized carbons (Fsp3) is 0.500. The van der Waals surface area contributed by atoms with Gasteiger partial charge in [-0.25, -0.2) is 4.68 Å². The van der Waals surface area contributed by atoms with Crippen LogP contribution in [0.25, 0.3) is 5.69 Å². The van der Waals surface area contributed by atoms with Gasteiger partial charge >= 0.3 is 0 Å². The summed E-state index contributed by atoms with van der Waals surface area (Å²) in [5.41, 5.74) is 2.23. The van der Waals surface area contributed by atoms with Gasteiger partial charge in [-0.3, -0.25) is 0 Å². The van der Waals surface area contributed by atoms with Crippen molar-refractivity contribution in [3.05, 3.63) is 36.2 Å². The van der Waals surface area contributed by atoms with Crippen LogP contribution in [0.15, 0.2) is 30.6 Å². The molecule has 0 aliphatic rings. The first-order valence-corrected chi connectivity index (χ1v) is 8.09. The van der Waals surface area contributed by atoms with E-state index in [1.807, 2.05) is 23.9 Å². The van der Waals surface area contributed by atoms with E-state index in [9.17, 15) is 0 Å². The lowest BCUT2D eigenvalue weighted by Crippen LogP contribution is -2.22. The maximum absolute atomic E-state index is 3.92. The van der Waals surface area contributed by atoms with Crippen LogP contribution in [0.4, 0.5) is 0 Å². The van der Waals surface area contributed by atoms with Crippen molar-refractivity contribution in [3.8, 4) is 5.69 Å². The SMILES string of the molecule is CSC(C)CCNC(C)c1cccc(-n2cnnn2)c1. The van der Waals surface area contributed by atoms with Crippen LogP contribution in [0.5, 0.6) is 0 Å². The van der Waals surface area contributed by atoms with Crippen molar-refractivity contribution in [1.82, 2.24) is 25.5 Å². The third-order valence-corrected chi connectivity index (χ3v) is 4.43. The van der Waals surface area contributed by atoms with E-state index in [2.05, 4.69) is 53.1 Å². The van der Waals surface area contributed by atoms with Gasteiger partial charge in [0.25, 0.3) is 0 Å². The fourth-order valence-electron chi connectivity index (χ4n) is 1.96. The van der Waals surface area contributed by atoms with Crippen LogP contribution < -0.4 is 5.32 Å². The number of hydrogen-bond donors (Lipinski definition) is 1. The standard InChI is InChI=1S/C14H21N5S/c1-11(20-3)7-8-15-12(2)13-5-4-6-14(9-13)19-10-16-17-18-19/h4-6,9-12,15H,7-8H2,1-3H3. The monoisotopic (exact) mass is 291 g/mol. The lowest BCUT2D eigenvalue weighted by molar-refractivity contribution is 0.557. The summed E-state index contributed by atoms with van der Waals surface area (Å²) in [4.78, 5) is 0. The first-order valence-electron chi connectivity index (χ1n) is 6.80. The van der Waals surface area contributed by atoms with Crippen molar-refractivity contribution in [1.29, 1.82) is 0 Å². The molecule has 2 aromatic rings. The summed E-state index contributed by atoms with van der Waals surface area (Å²) in [6, 6.07) is 8.60. The quantitative estimate of drug-likeness (QED) is 0.849. The van der Waals surface area contributed by atoms with Gasteiger partial charge < -0.3 is 5.32 Å². The Morgan fingerprint density at radius 1 is 1.35 bits per heavy atom. The minimum atomic E-state index is 0.320. The van der Waals surface area contributed by atoms with Crippen LogP contribution in [0.3, 0.4) is 0 Å². The Balaban J connectivity index is 1.96. The van der Waals surface area contributed by atoms with E-state index < -0.39 is 0 Å². The predicted octanol–water partition coefficient (Wildman–Crippen LogP) is 2.45. The summed E-state index contributed by atoms with van der Waals surface area (Å²) in [5.74, 6) is 0. The van der Waals surface area contributed by atoms with Gasteiger partial charge in [0, 0.05) is 11.3 Å². The van der Waals surface area contributed by atoms with Crippen molar-refractivity contribution in [2.24, 2.45) is 0 Å². The lowest BCUT2D eigenvalue weighted by Gasteiger charge is -2.16. The predicted molar refractivity (Wildman–Crippen MR) is 83.2 cm³/mol. The molecule has 2 atom stereocenters. The Labute approximate surface area is 124 Å². The number of nitrogens with zero attached hydrogens (tertiary/aromatic N) is 4. The molecule has 0 saturated heterocycles. The van der Waals surface area contributed by atoms with Gasteiger partial charge in [-0.15, -0.1) is 5.10 Å². The normalized spacial score (nSPS) is 14.2. The second-order valence-corrected chi connectivity index (χ2v) is 6.14. The van der Waals surface area contributed by atoms with Gasteiger partial charge in [-0.2, -0.15) is 11.8 Å². The Morgan fingerprint density at radius 3 is 2.90 bits per heavy atom. The smallest absolute Gasteiger partial charge is 0.143 e. The molecule has 0 aliphatic carbocycles. The molecule has 0 bridgehead atoms. The minimum Gasteiger partial charge on any atom is -0.310 e. The number of aromatic nitrogens is 4. The largest absolute Gasteiger partial charge is 0.310 e. The van der Waals surface area contributed by atoms with Gasteiger partial charge in [-0.1, -0.05) is 19.1 Å². The molecule has 20 heavy (non-hydrogen) atoms. The van der Waals surface area contributed by atoms with Crippen LogP contribution in [0.2, 0.25) is 0 Å². The third kappa shape index (κ3) is 4.05. The molecule has 0 aliphatic heterocycles. The number of hydrogen-bond acceptors (Lipinski definition) is 5. The molecule has 2 rings (SSSR count). The van der Waals surface area contributed by atoms with Gasteiger partial charge in [-0.05, 0) is 54.3 Å². The highest BCUT2D eigenvalue weighted by atomic mass is 32.2. The molecule has 1 aromatic heterocycles. The zero-order chi connectivity index (χ0) is 14.4. The molecule has 6 heteroatoms. The average Bonchev–Trinajstić information content (AvgIpc) is 3.01. The van der Waals surface area contributed by atoms with E-state index in [-0.39, 0.29) is 0 Å². The molecule has 1 heterocycles. The summed E-state index contributed by atoms with van der Waals surface area (Å²) in [6.45, 7) is 5.47. The molecule has 5 nitrogen and oxygen atoms in total. The van der Waals surface area contributed by atoms with E-state index in [1.165, 1.54) is 12.0 Å². The van der Waals surface area contributed by atoms with Crippen molar-refractivity contribution in [3.63, 3.8) is 0 Å². The van der Waals surface area contributed by atoms with E-state index in [4.69, 9.17) is 0 Å². The van der Waals surface area contributed by atoms with Gasteiger partial charge in [0.05, 0.1) is 5.69 Å². The molecule has 0 amide bonds. The average molecular weight is 291 g/mol. The highest BCUT2D eigenvalue weighted by molar-refractivity contribution is 7.99. The van der Waals surface area contributed by atoms with E-state index >= 15 is 0 Å². The van der Waals surface area contributed by atoms with Crippen molar-refractivity contribution in [2.75, 3.05) is 12.8 Å². The number of thioether (sulfide) groups is 1. The number of nitrogens with one attached hydrogen (secondary N) is 1. The third-order valence-electron chi connectivity index (χ3n) is 3.39. The molecular weight excluding hydrogens is 270 g/mol. The van der Waals surface area contributed by atoms with Crippen molar-refractivity contribution < 1.29 is 0 Å². The summed E-state index contributed by atoms with van der Waals surface area (Å²) in [5, 5.41) is 15.5. The summed E-state index contributed by atoms with van der Waals surface area (Å²) < 4.78 is 1.67. The molecule has 0 spiro atoms. The Bertz CT molecular complexity index is 514. The summed E-state index contributed by atoms with van der Waals surface area (Å²) in [7, 11) is 0. The molecule has 0 fully saturated rings. The molecule has 2 unspecified atom stereocenters. The number of benzene rings is 1. The first-order chi connectivity index (χ1) is 9.70. The number of tetrazole rings is 1. The Hall–Kier alpha value is -1.40. The molecular formula is C14H21N5S. The molecule has 0 saturated carbocycles. The number of rotatable bonds is 7. The van der Waals surface area contributed by atoms with E-state index in [0.717, 1.165) is 12.2 Å². The summed E-state index contributed by atoms with van der Waals surface area (Å²) in [6.07, 6.45) is 4.94. The lowest BCUT2D eigenvalue weighted by atomic mass is 10.1. The van der Waals surface area contributed by atoms with Crippen molar-refractivity contribution in [2.45, 2.75) is 31.6 Å². The highest BCUT2D eigenvalue weighted by Gasteiger charge is 2.07. The Kier molecular flexibility index (Phi) is 5.55. The van der Waals surface area contributed by atoms with Crippen molar-refractivity contribution >= 4 is 11.8 Å². The minimum absolute atomic E-state index is 0.320. The zero-order valence-electron chi connectivity index (χ0n) is 12.2. The van der Waals surface area contributed by atoms with Gasteiger partial charge in [0.2, 0.25) is 0 Å². The van der Waals surface area contributed by atoms with Crippen LogP contribution in [0, 0.1) is 0 Å². The van der Waals surface area contributed by atoms with Crippen LogP contribution >= 0.6 is 11.8 Å². The van der Waals surface area contributed by atoms with Gasteiger partial charge in [0.1, 0.15) is 6.33 Å². The highest BCUT2D eigenvalue weighted by Crippen LogP contribution is 2.16. The van der Waals surface area contributed by atoms with Crippen LogP contribution in [0.1, 0.15) is 31.9 Å². The molecule has 0 radical (unpaired) electrons. The van der Waals surface area contributed by atoms with Gasteiger partial charge in [0.15, 0.2) is 0 Å². The first kappa shape index (κ1) is 15.0. The molecule has 108 valence electrons. The second kappa shape index (κ2) is 7.40. The summed E-state index contributed by atoms with van der Waals surface area (Å²) >= 11 is 1.91. The maximum Gasteiger partial charge on any atom is 0.143 e. The molecule has 1 N–H and O–H groups in total. The fourth-order valence-corrected chi connectivity index (χ4v) is 2.31. The second-order valence-electron chi connectivity index (χ2n) is 4.86. The Morgan fingerprint density at radius 2 is 2.20 bits per heavy atom.